The van der Waals surface area contributed by atoms with Gasteiger partial charge in [0, 0.05) is 24.4 Å². The lowest BCUT2D eigenvalue weighted by atomic mass is 10.00. The van der Waals surface area contributed by atoms with Crippen molar-refractivity contribution in [3.63, 3.8) is 0 Å². The lowest BCUT2D eigenvalue weighted by Gasteiger charge is -2.35. The standard InChI is InChI=1S/C18H28N2O3/c1-6-23-15-8-7-9-20(10-15)13(4)18(22)17-11(2)16(14(5)21)12(3)19-17/h13,15,19H,6-10H2,1-5H3. The Morgan fingerprint density at radius 3 is 2.65 bits per heavy atom. The minimum absolute atomic E-state index is 0.00247. The van der Waals surface area contributed by atoms with Crippen LogP contribution in [0, 0.1) is 13.8 Å². The van der Waals surface area contributed by atoms with Crippen molar-refractivity contribution in [2.24, 2.45) is 0 Å². The summed E-state index contributed by atoms with van der Waals surface area (Å²) in [5.74, 6) is 0.0487. The van der Waals surface area contributed by atoms with Crippen molar-refractivity contribution in [1.29, 1.82) is 0 Å². The molecule has 0 amide bonds. The molecule has 1 aliphatic heterocycles. The summed E-state index contributed by atoms with van der Waals surface area (Å²) < 4.78 is 5.72. The van der Waals surface area contributed by atoms with Crippen molar-refractivity contribution >= 4 is 11.6 Å². The molecule has 0 aliphatic carbocycles. The number of rotatable bonds is 6. The lowest BCUT2D eigenvalue weighted by molar-refractivity contribution is -0.00298. The first-order valence-corrected chi connectivity index (χ1v) is 8.46. The van der Waals surface area contributed by atoms with E-state index < -0.39 is 0 Å². The molecule has 0 bridgehead atoms. The highest BCUT2D eigenvalue weighted by Crippen LogP contribution is 2.23. The summed E-state index contributed by atoms with van der Waals surface area (Å²) in [7, 11) is 0. The molecule has 5 heteroatoms. The second kappa shape index (κ2) is 7.41. The predicted octanol–water partition coefficient (Wildman–Crippen LogP) is 2.91. The largest absolute Gasteiger partial charge is 0.377 e. The van der Waals surface area contributed by atoms with Crippen LogP contribution in [0.15, 0.2) is 0 Å². The second-order valence-electron chi connectivity index (χ2n) is 6.44. The van der Waals surface area contributed by atoms with Gasteiger partial charge >= 0.3 is 0 Å². The number of nitrogens with one attached hydrogen (secondary N) is 1. The van der Waals surface area contributed by atoms with Crippen LogP contribution >= 0.6 is 0 Å². The molecule has 2 rings (SSSR count). The summed E-state index contributed by atoms with van der Waals surface area (Å²) in [5, 5.41) is 0. The van der Waals surface area contributed by atoms with E-state index in [0.717, 1.165) is 37.2 Å². The number of carbonyl (C=O) groups excluding carboxylic acids is 2. The van der Waals surface area contributed by atoms with Gasteiger partial charge < -0.3 is 9.72 Å². The summed E-state index contributed by atoms with van der Waals surface area (Å²) in [5.41, 5.74) is 2.76. The van der Waals surface area contributed by atoms with E-state index in [2.05, 4.69) is 9.88 Å². The summed E-state index contributed by atoms with van der Waals surface area (Å²) in [6.45, 7) is 11.6. The first kappa shape index (κ1) is 17.9. The van der Waals surface area contributed by atoms with E-state index >= 15 is 0 Å². The van der Waals surface area contributed by atoms with E-state index in [4.69, 9.17) is 4.74 Å². The number of ketones is 2. The fourth-order valence-corrected chi connectivity index (χ4v) is 3.59. The van der Waals surface area contributed by atoms with Crippen LogP contribution in [0.3, 0.4) is 0 Å². The molecule has 0 aromatic carbocycles. The highest BCUT2D eigenvalue weighted by Gasteiger charge is 2.30. The molecule has 0 saturated carbocycles. The maximum Gasteiger partial charge on any atom is 0.196 e. The van der Waals surface area contributed by atoms with Gasteiger partial charge in [-0.25, -0.2) is 0 Å². The number of nitrogens with zero attached hydrogens (tertiary/aromatic N) is 1. The van der Waals surface area contributed by atoms with Crippen molar-refractivity contribution in [1.82, 2.24) is 9.88 Å². The zero-order chi connectivity index (χ0) is 17.1. The number of aromatic nitrogens is 1. The lowest BCUT2D eigenvalue weighted by Crippen LogP contribution is -2.47. The number of piperidine rings is 1. The summed E-state index contributed by atoms with van der Waals surface area (Å²) in [6.07, 6.45) is 2.31. The number of H-pyrrole nitrogens is 1. The third-order valence-electron chi connectivity index (χ3n) is 4.78. The van der Waals surface area contributed by atoms with Gasteiger partial charge in [-0.2, -0.15) is 0 Å². The quantitative estimate of drug-likeness (QED) is 0.819. The van der Waals surface area contributed by atoms with Crippen LogP contribution < -0.4 is 0 Å². The van der Waals surface area contributed by atoms with Gasteiger partial charge in [0.05, 0.1) is 17.8 Å². The van der Waals surface area contributed by atoms with Crippen LogP contribution in [-0.4, -0.2) is 53.3 Å². The number of hydrogen-bond donors (Lipinski definition) is 1. The third kappa shape index (κ3) is 3.72. The smallest absolute Gasteiger partial charge is 0.196 e. The van der Waals surface area contributed by atoms with Crippen molar-refractivity contribution in [2.45, 2.75) is 59.6 Å². The minimum Gasteiger partial charge on any atom is -0.377 e. The zero-order valence-corrected chi connectivity index (χ0v) is 14.9. The van der Waals surface area contributed by atoms with Crippen LogP contribution in [0.2, 0.25) is 0 Å². The highest BCUT2D eigenvalue weighted by atomic mass is 16.5. The Labute approximate surface area is 138 Å². The van der Waals surface area contributed by atoms with E-state index in [1.807, 2.05) is 27.7 Å². The topological polar surface area (TPSA) is 62.4 Å². The highest BCUT2D eigenvalue weighted by molar-refractivity contribution is 6.05. The van der Waals surface area contributed by atoms with E-state index in [-0.39, 0.29) is 23.7 Å². The van der Waals surface area contributed by atoms with E-state index in [9.17, 15) is 9.59 Å². The average molecular weight is 320 g/mol. The maximum atomic E-state index is 12.9. The molecule has 1 fully saturated rings. The maximum absolute atomic E-state index is 12.9. The van der Waals surface area contributed by atoms with Crippen molar-refractivity contribution < 1.29 is 14.3 Å². The molecule has 2 atom stereocenters. The van der Waals surface area contributed by atoms with Crippen molar-refractivity contribution in [3.05, 3.63) is 22.5 Å². The molecular formula is C18H28N2O3. The SMILES string of the molecule is CCOC1CCCN(C(C)C(=O)c2[nH]c(C)c(C(C)=O)c2C)C1. The molecule has 0 spiro atoms. The molecule has 1 aliphatic rings. The number of aromatic amines is 1. The predicted molar refractivity (Wildman–Crippen MR) is 90.3 cm³/mol. The van der Waals surface area contributed by atoms with Gasteiger partial charge in [0.25, 0.3) is 0 Å². The van der Waals surface area contributed by atoms with Crippen LogP contribution in [0.5, 0.6) is 0 Å². The van der Waals surface area contributed by atoms with Gasteiger partial charge in [0.1, 0.15) is 0 Å². The zero-order valence-electron chi connectivity index (χ0n) is 14.9. The van der Waals surface area contributed by atoms with Gasteiger partial charge in [0.2, 0.25) is 0 Å². The molecule has 2 heterocycles. The summed E-state index contributed by atoms with van der Waals surface area (Å²) >= 11 is 0. The van der Waals surface area contributed by atoms with Crippen LogP contribution in [0.25, 0.3) is 0 Å². The molecular weight excluding hydrogens is 292 g/mol. The van der Waals surface area contributed by atoms with Gasteiger partial charge in [-0.1, -0.05) is 0 Å². The minimum atomic E-state index is -0.213. The Hall–Kier alpha value is -1.46. The molecule has 2 unspecified atom stereocenters. The normalized spacial score (nSPS) is 20.5. The summed E-state index contributed by atoms with van der Waals surface area (Å²) in [4.78, 5) is 30.0. The molecule has 1 saturated heterocycles. The van der Waals surface area contributed by atoms with Crippen LogP contribution in [0.4, 0.5) is 0 Å². The first-order valence-electron chi connectivity index (χ1n) is 8.46. The molecule has 23 heavy (non-hydrogen) atoms. The Morgan fingerprint density at radius 1 is 1.39 bits per heavy atom. The number of likely N-dealkylation sites (tertiary alicyclic amines) is 1. The Kier molecular flexibility index (Phi) is 5.76. The molecule has 128 valence electrons. The van der Waals surface area contributed by atoms with Crippen LogP contribution in [-0.2, 0) is 4.74 Å². The van der Waals surface area contributed by atoms with Gasteiger partial charge in [-0.3, -0.25) is 14.5 Å². The third-order valence-corrected chi connectivity index (χ3v) is 4.78. The Balaban J connectivity index is 2.17. The molecule has 1 aromatic rings. The van der Waals surface area contributed by atoms with E-state index in [1.54, 1.807) is 0 Å². The number of carbonyl (C=O) groups is 2. The number of Topliss-reactive ketones (excluding diaryl/α,β-unsaturated/α-hetero) is 2. The molecule has 1 aromatic heterocycles. The number of hydrogen-bond acceptors (Lipinski definition) is 4. The monoisotopic (exact) mass is 320 g/mol. The van der Waals surface area contributed by atoms with Crippen molar-refractivity contribution in [3.8, 4) is 0 Å². The van der Waals surface area contributed by atoms with Gasteiger partial charge in [-0.15, -0.1) is 0 Å². The first-order chi connectivity index (χ1) is 10.9. The van der Waals surface area contributed by atoms with Crippen molar-refractivity contribution in [2.75, 3.05) is 19.7 Å². The van der Waals surface area contributed by atoms with Gasteiger partial charge in [-0.05, 0) is 59.6 Å². The Bertz CT molecular complexity index is 589. The molecule has 5 nitrogen and oxygen atoms in total. The fraction of sp³-hybridized carbons (Fsp3) is 0.667. The Morgan fingerprint density at radius 2 is 2.09 bits per heavy atom. The number of ether oxygens (including phenoxy) is 1. The molecule has 0 radical (unpaired) electrons. The van der Waals surface area contributed by atoms with E-state index in [1.165, 1.54) is 6.92 Å². The molecule has 1 N–H and O–H groups in total. The second-order valence-corrected chi connectivity index (χ2v) is 6.44. The average Bonchev–Trinajstić information content (AvgIpc) is 2.81. The fourth-order valence-electron chi connectivity index (χ4n) is 3.59. The van der Waals surface area contributed by atoms with Gasteiger partial charge in [0.15, 0.2) is 11.6 Å². The van der Waals surface area contributed by atoms with E-state index in [0.29, 0.717) is 17.9 Å². The van der Waals surface area contributed by atoms with Crippen LogP contribution in [0.1, 0.15) is 65.7 Å². The summed E-state index contributed by atoms with van der Waals surface area (Å²) in [6, 6.07) is -0.213. The number of aryl methyl sites for hydroxylation is 1.